The number of nitrogens with zero attached hydrogens (tertiary/aromatic N) is 2. The lowest BCUT2D eigenvalue weighted by molar-refractivity contribution is -0.140. The molecule has 248 valence electrons. The van der Waals surface area contributed by atoms with Crippen LogP contribution in [0.3, 0.4) is 0 Å². The van der Waals surface area contributed by atoms with Crippen molar-refractivity contribution in [3.8, 4) is 5.75 Å². The fraction of sp³-hybridized carbons (Fsp3) is 0.278. The Morgan fingerprint density at radius 3 is 2.17 bits per heavy atom. The standard InChI is InChI=1S/C36H39Cl2N3O5S/c1-5-19-39-36(43)33(22-27-9-7-6-8-10-27)40(23-28-14-17-30(37)31(38)21-28)35(42)24-41(32-20-26(3)13-18-34(32)46-4)47(44,45)29-15-11-25(2)12-16-29/h6-18,20-21,33H,5,19,22-24H2,1-4H3,(H,39,43)/t33-/m1/s1. The Morgan fingerprint density at radius 2 is 1.53 bits per heavy atom. The van der Waals surface area contributed by atoms with Gasteiger partial charge in [0.2, 0.25) is 11.8 Å². The molecule has 47 heavy (non-hydrogen) atoms. The average Bonchev–Trinajstić information content (AvgIpc) is 3.06. The first-order valence-electron chi connectivity index (χ1n) is 15.2. The van der Waals surface area contributed by atoms with E-state index in [4.69, 9.17) is 27.9 Å². The number of amides is 2. The second-order valence-corrected chi connectivity index (χ2v) is 13.9. The van der Waals surface area contributed by atoms with E-state index < -0.39 is 28.5 Å². The summed E-state index contributed by atoms with van der Waals surface area (Å²) in [5.74, 6) is -0.676. The van der Waals surface area contributed by atoms with Gasteiger partial charge in [-0.05, 0) is 73.4 Å². The molecule has 0 aromatic heterocycles. The highest BCUT2D eigenvalue weighted by Crippen LogP contribution is 2.34. The minimum absolute atomic E-state index is 0.0111. The van der Waals surface area contributed by atoms with Gasteiger partial charge in [0.05, 0.1) is 27.7 Å². The van der Waals surface area contributed by atoms with Gasteiger partial charge < -0.3 is 15.0 Å². The normalized spacial score (nSPS) is 11.9. The van der Waals surface area contributed by atoms with Gasteiger partial charge in [0.15, 0.2) is 0 Å². The molecule has 1 atom stereocenters. The Labute approximate surface area is 287 Å². The second-order valence-electron chi connectivity index (χ2n) is 11.3. The summed E-state index contributed by atoms with van der Waals surface area (Å²) in [6, 6.07) is 24.9. The van der Waals surface area contributed by atoms with Crippen LogP contribution in [0, 0.1) is 13.8 Å². The summed E-state index contributed by atoms with van der Waals surface area (Å²) in [5.41, 5.74) is 3.31. The quantitative estimate of drug-likeness (QED) is 0.154. The van der Waals surface area contributed by atoms with E-state index in [2.05, 4.69) is 5.32 Å². The summed E-state index contributed by atoms with van der Waals surface area (Å²) >= 11 is 12.5. The zero-order valence-electron chi connectivity index (χ0n) is 26.9. The summed E-state index contributed by atoms with van der Waals surface area (Å²) in [5, 5.41) is 3.57. The Kier molecular flexibility index (Phi) is 12.3. The topological polar surface area (TPSA) is 96.0 Å². The van der Waals surface area contributed by atoms with Gasteiger partial charge in [-0.3, -0.25) is 13.9 Å². The number of carbonyl (C=O) groups is 2. The van der Waals surface area contributed by atoms with Gasteiger partial charge in [0.25, 0.3) is 10.0 Å². The number of carbonyl (C=O) groups excluding carboxylic acids is 2. The lowest BCUT2D eigenvalue weighted by atomic mass is 10.0. The molecule has 2 amide bonds. The molecule has 0 bridgehead atoms. The molecule has 0 aliphatic rings. The van der Waals surface area contributed by atoms with Crippen LogP contribution < -0.4 is 14.4 Å². The largest absolute Gasteiger partial charge is 0.495 e. The van der Waals surface area contributed by atoms with Crippen molar-refractivity contribution in [2.45, 2.75) is 51.1 Å². The number of ether oxygens (including phenoxy) is 1. The molecule has 0 fully saturated rings. The predicted octanol–water partition coefficient (Wildman–Crippen LogP) is 6.98. The molecule has 0 unspecified atom stereocenters. The summed E-state index contributed by atoms with van der Waals surface area (Å²) < 4.78 is 35.3. The van der Waals surface area contributed by atoms with E-state index in [1.165, 1.54) is 24.1 Å². The number of methoxy groups -OCH3 is 1. The number of hydrogen-bond donors (Lipinski definition) is 1. The van der Waals surface area contributed by atoms with Gasteiger partial charge in [0.1, 0.15) is 18.3 Å². The van der Waals surface area contributed by atoms with Crippen LogP contribution in [-0.4, -0.2) is 51.4 Å². The number of halogens is 2. The lowest BCUT2D eigenvalue weighted by Crippen LogP contribution is -2.53. The highest BCUT2D eigenvalue weighted by molar-refractivity contribution is 7.92. The van der Waals surface area contributed by atoms with E-state index in [9.17, 15) is 18.0 Å². The zero-order chi connectivity index (χ0) is 34.1. The first-order valence-corrected chi connectivity index (χ1v) is 17.4. The minimum atomic E-state index is -4.29. The maximum absolute atomic E-state index is 14.6. The smallest absolute Gasteiger partial charge is 0.264 e. The van der Waals surface area contributed by atoms with Gasteiger partial charge in [-0.2, -0.15) is 0 Å². The Hall–Kier alpha value is -4.05. The number of nitrogens with one attached hydrogen (secondary N) is 1. The Bertz CT molecular complexity index is 1800. The van der Waals surface area contributed by atoms with E-state index in [0.29, 0.717) is 28.6 Å². The van der Waals surface area contributed by atoms with Crippen molar-refractivity contribution >= 4 is 50.7 Å². The van der Waals surface area contributed by atoms with E-state index >= 15 is 0 Å². The second kappa shape index (κ2) is 16.2. The van der Waals surface area contributed by atoms with Gasteiger partial charge in [-0.25, -0.2) is 8.42 Å². The fourth-order valence-corrected chi connectivity index (χ4v) is 6.84. The first-order chi connectivity index (χ1) is 22.4. The van der Waals surface area contributed by atoms with E-state index in [1.807, 2.05) is 51.1 Å². The summed E-state index contributed by atoms with van der Waals surface area (Å²) in [4.78, 5) is 29.9. The number of aryl methyl sites for hydroxylation is 2. The molecule has 8 nitrogen and oxygen atoms in total. The molecule has 0 spiro atoms. The molecular weight excluding hydrogens is 657 g/mol. The highest BCUT2D eigenvalue weighted by atomic mass is 35.5. The van der Waals surface area contributed by atoms with Crippen LogP contribution in [0.2, 0.25) is 10.0 Å². The SMILES string of the molecule is CCCNC(=O)[C@@H](Cc1ccccc1)N(Cc1ccc(Cl)c(Cl)c1)C(=O)CN(c1cc(C)ccc1OC)S(=O)(=O)c1ccc(C)cc1. The third-order valence-electron chi connectivity index (χ3n) is 7.65. The summed E-state index contributed by atoms with van der Waals surface area (Å²) in [7, 11) is -2.84. The van der Waals surface area contributed by atoms with Crippen molar-refractivity contribution in [2.24, 2.45) is 0 Å². The van der Waals surface area contributed by atoms with Crippen LogP contribution >= 0.6 is 23.2 Å². The molecule has 0 saturated heterocycles. The summed E-state index contributed by atoms with van der Waals surface area (Å²) in [6.45, 7) is 5.39. The molecular formula is C36H39Cl2N3O5S. The van der Waals surface area contributed by atoms with Crippen LogP contribution in [-0.2, 0) is 32.6 Å². The third kappa shape index (κ3) is 9.06. The van der Waals surface area contributed by atoms with Crippen molar-refractivity contribution < 1.29 is 22.7 Å². The van der Waals surface area contributed by atoms with Gasteiger partial charge in [0, 0.05) is 19.5 Å². The number of hydrogen-bond acceptors (Lipinski definition) is 5. The minimum Gasteiger partial charge on any atom is -0.495 e. The van der Waals surface area contributed by atoms with Crippen LogP contribution in [0.25, 0.3) is 0 Å². The number of benzene rings is 4. The van der Waals surface area contributed by atoms with E-state index in [0.717, 1.165) is 21.0 Å². The van der Waals surface area contributed by atoms with Crippen molar-refractivity contribution in [3.63, 3.8) is 0 Å². The maximum Gasteiger partial charge on any atom is 0.264 e. The maximum atomic E-state index is 14.6. The van der Waals surface area contributed by atoms with E-state index in [-0.39, 0.29) is 35.2 Å². The van der Waals surface area contributed by atoms with Gasteiger partial charge in [-0.15, -0.1) is 0 Å². The summed E-state index contributed by atoms with van der Waals surface area (Å²) in [6.07, 6.45) is 0.891. The molecule has 0 aliphatic heterocycles. The first kappa shape index (κ1) is 35.8. The number of rotatable bonds is 14. The number of sulfonamides is 1. The van der Waals surface area contributed by atoms with Crippen molar-refractivity contribution in [1.82, 2.24) is 10.2 Å². The molecule has 0 aliphatic carbocycles. The van der Waals surface area contributed by atoms with Crippen LogP contribution in [0.4, 0.5) is 5.69 Å². The molecule has 11 heteroatoms. The molecule has 0 saturated carbocycles. The molecule has 4 rings (SSSR count). The van der Waals surface area contributed by atoms with Gasteiger partial charge in [-0.1, -0.05) is 90.3 Å². The average molecular weight is 697 g/mol. The third-order valence-corrected chi connectivity index (χ3v) is 10.2. The highest BCUT2D eigenvalue weighted by Gasteiger charge is 2.35. The van der Waals surface area contributed by atoms with Crippen molar-refractivity contribution in [2.75, 3.05) is 24.5 Å². The molecule has 4 aromatic carbocycles. The lowest BCUT2D eigenvalue weighted by Gasteiger charge is -2.34. The van der Waals surface area contributed by atoms with Crippen molar-refractivity contribution in [3.05, 3.63) is 123 Å². The van der Waals surface area contributed by atoms with Crippen LogP contribution in [0.1, 0.15) is 35.6 Å². The fourth-order valence-electron chi connectivity index (χ4n) is 5.10. The predicted molar refractivity (Wildman–Crippen MR) is 188 cm³/mol. The van der Waals surface area contributed by atoms with E-state index in [1.54, 1.807) is 48.5 Å². The van der Waals surface area contributed by atoms with Gasteiger partial charge >= 0.3 is 0 Å². The van der Waals surface area contributed by atoms with Crippen LogP contribution in [0.5, 0.6) is 5.75 Å². The Morgan fingerprint density at radius 1 is 0.851 bits per heavy atom. The monoisotopic (exact) mass is 695 g/mol. The zero-order valence-corrected chi connectivity index (χ0v) is 29.2. The van der Waals surface area contributed by atoms with Crippen molar-refractivity contribution in [1.29, 1.82) is 0 Å². The molecule has 0 heterocycles. The molecule has 4 aromatic rings. The Balaban J connectivity index is 1.86. The molecule has 0 radical (unpaired) electrons. The molecule has 1 N–H and O–H groups in total. The van der Waals surface area contributed by atoms with Crippen LogP contribution in [0.15, 0.2) is 95.9 Å². The number of anilines is 1.